The van der Waals surface area contributed by atoms with Crippen LogP contribution in [0.25, 0.3) is 0 Å². The summed E-state index contributed by atoms with van der Waals surface area (Å²) in [5.74, 6) is -0.726. The summed E-state index contributed by atoms with van der Waals surface area (Å²) < 4.78 is 28.6. The number of hydrogen-bond donors (Lipinski definition) is 1. The lowest BCUT2D eigenvalue weighted by Crippen LogP contribution is -2.52. The topological polar surface area (TPSA) is 86.8 Å². The van der Waals surface area contributed by atoms with Crippen LogP contribution >= 0.6 is 0 Å². The van der Waals surface area contributed by atoms with Gasteiger partial charge in [-0.05, 0) is 49.1 Å². The fraction of sp³-hybridized carbons (Fsp3) is 0.286. The van der Waals surface area contributed by atoms with Crippen molar-refractivity contribution in [1.29, 1.82) is 0 Å². The van der Waals surface area contributed by atoms with Crippen molar-refractivity contribution < 1.29 is 18.0 Å². The zero-order valence-corrected chi connectivity index (χ0v) is 21.7. The van der Waals surface area contributed by atoms with Gasteiger partial charge in [0.1, 0.15) is 12.6 Å². The van der Waals surface area contributed by atoms with Gasteiger partial charge in [0.05, 0.1) is 10.6 Å². The van der Waals surface area contributed by atoms with Crippen LogP contribution in [0.5, 0.6) is 0 Å². The number of sulfonamides is 1. The van der Waals surface area contributed by atoms with Crippen molar-refractivity contribution in [1.82, 2.24) is 10.2 Å². The molecular weight excluding hydrogens is 474 g/mol. The van der Waals surface area contributed by atoms with Crippen molar-refractivity contribution in [3.05, 3.63) is 96.1 Å². The van der Waals surface area contributed by atoms with Crippen LogP contribution in [-0.2, 0) is 26.0 Å². The second-order valence-corrected chi connectivity index (χ2v) is 10.3. The van der Waals surface area contributed by atoms with Crippen molar-refractivity contribution in [3.8, 4) is 0 Å². The minimum absolute atomic E-state index is 0.0928. The molecule has 0 heterocycles. The SMILES string of the molecule is CCC(C(=O)NC)N(CCc1ccccc1)C(=O)CN(c1ccccc1C)S(=O)(=O)c1ccccc1. The number of aryl methyl sites for hydroxylation is 1. The molecule has 2 amide bonds. The molecule has 0 aromatic heterocycles. The number of nitrogens with one attached hydrogen (secondary N) is 1. The van der Waals surface area contributed by atoms with Gasteiger partial charge in [-0.15, -0.1) is 0 Å². The average molecular weight is 508 g/mol. The summed E-state index contributed by atoms with van der Waals surface area (Å²) in [6.07, 6.45) is 0.936. The van der Waals surface area contributed by atoms with Crippen molar-refractivity contribution in [3.63, 3.8) is 0 Å². The molecule has 3 aromatic carbocycles. The molecule has 0 aliphatic heterocycles. The van der Waals surface area contributed by atoms with Gasteiger partial charge in [0, 0.05) is 13.6 Å². The number of benzene rings is 3. The second-order valence-electron chi connectivity index (χ2n) is 8.47. The van der Waals surface area contributed by atoms with Crippen LogP contribution in [0.1, 0.15) is 24.5 Å². The molecule has 0 radical (unpaired) electrons. The number of anilines is 1. The molecule has 36 heavy (non-hydrogen) atoms. The fourth-order valence-electron chi connectivity index (χ4n) is 4.14. The Morgan fingerprint density at radius 2 is 1.47 bits per heavy atom. The molecule has 3 aromatic rings. The van der Waals surface area contributed by atoms with Gasteiger partial charge < -0.3 is 10.2 Å². The van der Waals surface area contributed by atoms with Gasteiger partial charge in [0.25, 0.3) is 10.0 Å². The van der Waals surface area contributed by atoms with Crippen LogP contribution in [0.3, 0.4) is 0 Å². The Morgan fingerprint density at radius 1 is 0.889 bits per heavy atom. The Hall–Kier alpha value is -3.65. The van der Waals surface area contributed by atoms with E-state index in [9.17, 15) is 18.0 Å². The number of rotatable bonds is 11. The third-order valence-electron chi connectivity index (χ3n) is 6.11. The molecule has 1 atom stereocenters. The van der Waals surface area contributed by atoms with E-state index in [1.807, 2.05) is 43.3 Å². The Morgan fingerprint density at radius 3 is 2.06 bits per heavy atom. The van der Waals surface area contributed by atoms with E-state index in [4.69, 9.17) is 0 Å². The van der Waals surface area contributed by atoms with E-state index in [0.717, 1.165) is 15.4 Å². The molecule has 7 nitrogen and oxygen atoms in total. The molecule has 8 heteroatoms. The van der Waals surface area contributed by atoms with E-state index in [2.05, 4.69) is 5.32 Å². The van der Waals surface area contributed by atoms with Gasteiger partial charge in [0.15, 0.2) is 0 Å². The first-order valence-electron chi connectivity index (χ1n) is 12.0. The first-order chi connectivity index (χ1) is 17.3. The highest BCUT2D eigenvalue weighted by molar-refractivity contribution is 7.92. The van der Waals surface area contributed by atoms with E-state index in [-0.39, 0.29) is 17.3 Å². The Labute approximate surface area is 213 Å². The first-order valence-corrected chi connectivity index (χ1v) is 13.4. The number of likely N-dealkylation sites (N-methyl/N-ethyl adjacent to an activating group) is 1. The number of nitrogens with zero attached hydrogens (tertiary/aromatic N) is 2. The minimum atomic E-state index is -4.05. The molecule has 3 rings (SSSR count). The van der Waals surface area contributed by atoms with Gasteiger partial charge in [-0.3, -0.25) is 13.9 Å². The summed E-state index contributed by atoms with van der Waals surface area (Å²) in [5, 5.41) is 2.64. The molecule has 0 aliphatic rings. The van der Waals surface area contributed by atoms with Crippen LogP contribution in [0, 0.1) is 6.92 Å². The highest BCUT2D eigenvalue weighted by Crippen LogP contribution is 2.27. The third kappa shape index (κ3) is 6.31. The molecule has 0 aliphatic carbocycles. The van der Waals surface area contributed by atoms with Crippen LogP contribution in [0.15, 0.2) is 89.8 Å². The summed E-state index contributed by atoms with van der Waals surface area (Å²) in [6, 6.07) is 24.1. The fourth-order valence-corrected chi connectivity index (χ4v) is 5.64. The number of para-hydroxylation sites is 1. The quantitative estimate of drug-likeness (QED) is 0.428. The largest absolute Gasteiger partial charge is 0.357 e. The van der Waals surface area contributed by atoms with Gasteiger partial charge in [-0.25, -0.2) is 8.42 Å². The first kappa shape index (κ1) is 26.9. The maximum atomic E-state index is 13.8. The highest BCUT2D eigenvalue weighted by atomic mass is 32.2. The summed E-state index contributed by atoms with van der Waals surface area (Å²) in [4.78, 5) is 28.1. The van der Waals surface area contributed by atoms with Gasteiger partial charge in [0.2, 0.25) is 11.8 Å². The minimum Gasteiger partial charge on any atom is -0.357 e. The van der Waals surface area contributed by atoms with Crippen LogP contribution in [0.2, 0.25) is 0 Å². The monoisotopic (exact) mass is 507 g/mol. The molecule has 0 spiro atoms. The Balaban J connectivity index is 2.00. The van der Waals surface area contributed by atoms with E-state index in [0.29, 0.717) is 18.5 Å². The number of carbonyl (C=O) groups is 2. The predicted molar refractivity (Wildman–Crippen MR) is 142 cm³/mol. The van der Waals surface area contributed by atoms with Crippen molar-refractivity contribution in [2.45, 2.75) is 37.6 Å². The molecule has 1 unspecified atom stereocenters. The van der Waals surface area contributed by atoms with E-state index in [1.165, 1.54) is 24.1 Å². The summed E-state index contributed by atoms with van der Waals surface area (Å²) >= 11 is 0. The summed E-state index contributed by atoms with van der Waals surface area (Å²) in [5.41, 5.74) is 2.17. The molecule has 0 bridgehead atoms. The van der Waals surface area contributed by atoms with Crippen LogP contribution in [0.4, 0.5) is 5.69 Å². The number of hydrogen-bond acceptors (Lipinski definition) is 4. The zero-order valence-electron chi connectivity index (χ0n) is 20.9. The Kier molecular flexibility index (Phi) is 9.25. The lowest BCUT2D eigenvalue weighted by atomic mass is 10.1. The number of carbonyl (C=O) groups excluding carboxylic acids is 2. The van der Waals surface area contributed by atoms with Gasteiger partial charge in [-0.2, -0.15) is 0 Å². The van der Waals surface area contributed by atoms with E-state index >= 15 is 0 Å². The van der Waals surface area contributed by atoms with Crippen molar-refractivity contribution >= 4 is 27.5 Å². The van der Waals surface area contributed by atoms with Gasteiger partial charge >= 0.3 is 0 Å². The second kappa shape index (κ2) is 12.4. The highest BCUT2D eigenvalue weighted by Gasteiger charge is 2.33. The predicted octanol–water partition coefficient (Wildman–Crippen LogP) is 3.79. The molecular formula is C28H33N3O4S. The summed E-state index contributed by atoms with van der Waals surface area (Å²) in [7, 11) is -2.51. The molecule has 0 fully saturated rings. The van der Waals surface area contributed by atoms with E-state index < -0.39 is 28.5 Å². The standard InChI is InChI=1S/C28H33N3O4S/c1-4-25(28(33)29-3)30(20-19-23-14-7-5-8-15-23)27(32)21-31(26-18-12-11-13-22(26)2)36(34,35)24-16-9-6-10-17-24/h5-18,25H,4,19-21H2,1-3H3,(H,29,33). The Bertz CT molecular complexity index is 1260. The van der Waals surface area contributed by atoms with Crippen LogP contribution < -0.4 is 9.62 Å². The third-order valence-corrected chi connectivity index (χ3v) is 7.88. The smallest absolute Gasteiger partial charge is 0.264 e. The van der Waals surface area contributed by atoms with Crippen molar-refractivity contribution in [2.75, 3.05) is 24.4 Å². The lowest BCUT2D eigenvalue weighted by Gasteiger charge is -2.33. The zero-order chi connectivity index (χ0) is 26.1. The maximum absolute atomic E-state index is 13.8. The normalized spacial score (nSPS) is 12.0. The number of amides is 2. The van der Waals surface area contributed by atoms with Crippen LogP contribution in [-0.4, -0.2) is 51.3 Å². The average Bonchev–Trinajstić information content (AvgIpc) is 2.90. The molecule has 190 valence electrons. The molecule has 1 N–H and O–H groups in total. The lowest BCUT2D eigenvalue weighted by molar-refractivity contribution is -0.139. The van der Waals surface area contributed by atoms with Crippen molar-refractivity contribution in [2.24, 2.45) is 0 Å². The summed E-state index contributed by atoms with van der Waals surface area (Å²) in [6.45, 7) is 3.49. The van der Waals surface area contributed by atoms with Gasteiger partial charge in [-0.1, -0.05) is 73.7 Å². The molecule has 0 saturated heterocycles. The maximum Gasteiger partial charge on any atom is 0.264 e. The van der Waals surface area contributed by atoms with E-state index in [1.54, 1.807) is 43.3 Å². The molecule has 0 saturated carbocycles.